The van der Waals surface area contributed by atoms with Gasteiger partial charge in [0.2, 0.25) is 0 Å². The standard InChI is InChI=1S/C13H9BrF3NOS/c1-7-6-10(20-11(7)14)12(19)18-9-4-2-8(3-5-9)13(15,16)17/h2-6H,1H3,(H,18,19). The van der Waals surface area contributed by atoms with Gasteiger partial charge in [-0.05, 0) is 58.7 Å². The first-order valence-corrected chi connectivity index (χ1v) is 7.13. The van der Waals surface area contributed by atoms with Crippen LogP contribution in [0.25, 0.3) is 0 Å². The summed E-state index contributed by atoms with van der Waals surface area (Å²) in [5.74, 6) is -0.344. The van der Waals surface area contributed by atoms with Gasteiger partial charge in [-0.3, -0.25) is 4.79 Å². The molecule has 0 aliphatic heterocycles. The van der Waals surface area contributed by atoms with Gasteiger partial charge in [0, 0.05) is 5.69 Å². The van der Waals surface area contributed by atoms with Crippen molar-refractivity contribution < 1.29 is 18.0 Å². The summed E-state index contributed by atoms with van der Waals surface area (Å²) in [6, 6.07) is 6.05. The fraction of sp³-hybridized carbons (Fsp3) is 0.154. The van der Waals surface area contributed by atoms with Crippen LogP contribution >= 0.6 is 27.3 Å². The lowest BCUT2D eigenvalue weighted by atomic mass is 10.2. The number of aryl methyl sites for hydroxylation is 1. The molecule has 106 valence electrons. The SMILES string of the molecule is Cc1cc(C(=O)Nc2ccc(C(F)(F)F)cc2)sc1Br. The topological polar surface area (TPSA) is 29.1 Å². The number of rotatable bonds is 2. The Hall–Kier alpha value is -1.34. The quantitative estimate of drug-likeness (QED) is 0.790. The first kappa shape index (κ1) is 15.1. The first-order valence-electron chi connectivity index (χ1n) is 5.52. The van der Waals surface area contributed by atoms with Crippen LogP contribution in [0.3, 0.4) is 0 Å². The summed E-state index contributed by atoms with van der Waals surface area (Å²) in [5.41, 5.74) is 0.517. The molecule has 7 heteroatoms. The van der Waals surface area contributed by atoms with E-state index >= 15 is 0 Å². The molecule has 0 fully saturated rings. The van der Waals surface area contributed by atoms with Crippen molar-refractivity contribution in [2.45, 2.75) is 13.1 Å². The molecule has 1 heterocycles. The van der Waals surface area contributed by atoms with Crippen LogP contribution in [0.4, 0.5) is 18.9 Å². The Morgan fingerprint density at radius 2 is 1.85 bits per heavy atom. The van der Waals surface area contributed by atoms with Gasteiger partial charge in [0.25, 0.3) is 5.91 Å². The monoisotopic (exact) mass is 363 g/mol. The normalized spacial score (nSPS) is 11.4. The van der Waals surface area contributed by atoms with Crippen LogP contribution in [0.5, 0.6) is 0 Å². The minimum atomic E-state index is -4.38. The molecule has 0 saturated carbocycles. The van der Waals surface area contributed by atoms with E-state index in [1.807, 2.05) is 6.92 Å². The van der Waals surface area contributed by atoms with Gasteiger partial charge in [-0.1, -0.05) is 0 Å². The van der Waals surface area contributed by atoms with Crippen molar-refractivity contribution in [3.8, 4) is 0 Å². The molecule has 0 aliphatic rings. The maximum atomic E-state index is 12.4. The van der Waals surface area contributed by atoms with E-state index < -0.39 is 11.7 Å². The Labute approximate surface area is 125 Å². The predicted octanol–water partition coefficient (Wildman–Crippen LogP) is 5.09. The average Bonchev–Trinajstić information content (AvgIpc) is 2.69. The Bertz CT molecular complexity index is 615. The number of alkyl halides is 3. The maximum Gasteiger partial charge on any atom is 0.416 e. The minimum absolute atomic E-state index is 0.324. The van der Waals surface area contributed by atoms with Crippen LogP contribution < -0.4 is 5.32 Å². The third-order valence-corrected chi connectivity index (χ3v) is 4.69. The number of hydrogen-bond acceptors (Lipinski definition) is 2. The molecule has 1 N–H and O–H groups in total. The second-order valence-electron chi connectivity index (χ2n) is 4.10. The van der Waals surface area contributed by atoms with Crippen molar-refractivity contribution in [3.63, 3.8) is 0 Å². The predicted molar refractivity (Wildman–Crippen MR) is 76.2 cm³/mol. The van der Waals surface area contributed by atoms with Gasteiger partial charge < -0.3 is 5.32 Å². The molecule has 1 aromatic carbocycles. The lowest BCUT2D eigenvalue weighted by molar-refractivity contribution is -0.137. The van der Waals surface area contributed by atoms with Gasteiger partial charge in [0.1, 0.15) is 0 Å². The lowest BCUT2D eigenvalue weighted by Crippen LogP contribution is -2.11. The molecule has 2 rings (SSSR count). The highest BCUT2D eigenvalue weighted by molar-refractivity contribution is 9.11. The van der Waals surface area contributed by atoms with Crippen molar-refractivity contribution in [2.75, 3.05) is 5.32 Å². The Morgan fingerprint density at radius 1 is 1.25 bits per heavy atom. The molecular formula is C13H9BrF3NOS. The minimum Gasteiger partial charge on any atom is -0.321 e. The molecule has 1 amide bonds. The van der Waals surface area contributed by atoms with E-state index in [-0.39, 0.29) is 5.91 Å². The molecule has 0 spiro atoms. The van der Waals surface area contributed by atoms with Crippen LogP contribution in [0.1, 0.15) is 20.8 Å². The van der Waals surface area contributed by atoms with Crippen molar-refractivity contribution >= 4 is 38.9 Å². The molecule has 0 unspecified atom stereocenters. The highest BCUT2D eigenvalue weighted by Crippen LogP contribution is 2.30. The zero-order valence-electron chi connectivity index (χ0n) is 10.2. The van der Waals surface area contributed by atoms with Crippen LogP contribution in [-0.4, -0.2) is 5.91 Å². The number of hydrogen-bond donors (Lipinski definition) is 1. The van der Waals surface area contributed by atoms with Crippen molar-refractivity contribution in [2.24, 2.45) is 0 Å². The van der Waals surface area contributed by atoms with Gasteiger partial charge >= 0.3 is 6.18 Å². The van der Waals surface area contributed by atoms with E-state index in [9.17, 15) is 18.0 Å². The third-order valence-electron chi connectivity index (χ3n) is 2.55. The molecule has 2 aromatic rings. The molecule has 1 aromatic heterocycles. The maximum absolute atomic E-state index is 12.4. The lowest BCUT2D eigenvalue weighted by Gasteiger charge is -2.08. The number of halogens is 4. The number of benzene rings is 1. The molecule has 20 heavy (non-hydrogen) atoms. The van der Waals surface area contributed by atoms with E-state index in [0.717, 1.165) is 21.5 Å². The smallest absolute Gasteiger partial charge is 0.321 e. The van der Waals surface area contributed by atoms with Gasteiger partial charge in [0.15, 0.2) is 0 Å². The highest BCUT2D eigenvalue weighted by atomic mass is 79.9. The molecule has 0 bridgehead atoms. The van der Waals surface area contributed by atoms with Crippen molar-refractivity contribution in [3.05, 3.63) is 50.1 Å². The van der Waals surface area contributed by atoms with Gasteiger partial charge in [0.05, 0.1) is 14.2 Å². The molecule has 0 radical (unpaired) electrons. The number of thiophene rings is 1. The van der Waals surface area contributed by atoms with Gasteiger partial charge in [-0.2, -0.15) is 13.2 Å². The molecular weight excluding hydrogens is 355 g/mol. The van der Waals surface area contributed by atoms with Gasteiger partial charge in [-0.25, -0.2) is 0 Å². The Kier molecular flexibility index (Phi) is 4.19. The molecule has 2 nitrogen and oxygen atoms in total. The second kappa shape index (κ2) is 5.57. The van der Waals surface area contributed by atoms with E-state index in [4.69, 9.17) is 0 Å². The molecule has 0 saturated heterocycles. The zero-order chi connectivity index (χ0) is 14.9. The van der Waals surface area contributed by atoms with E-state index in [0.29, 0.717) is 10.6 Å². The third kappa shape index (κ3) is 3.40. The Morgan fingerprint density at radius 3 is 2.30 bits per heavy atom. The summed E-state index contributed by atoms with van der Waals surface area (Å²) in [4.78, 5) is 12.4. The summed E-state index contributed by atoms with van der Waals surface area (Å²) < 4.78 is 38.1. The number of nitrogens with one attached hydrogen (secondary N) is 1. The Balaban J connectivity index is 2.12. The summed E-state index contributed by atoms with van der Waals surface area (Å²) in [5, 5.41) is 2.56. The first-order chi connectivity index (χ1) is 9.27. The van der Waals surface area contributed by atoms with Crippen LogP contribution in [0.2, 0.25) is 0 Å². The number of amides is 1. The fourth-order valence-corrected chi connectivity index (χ4v) is 2.94. The summed E-state index contributed by atoms with van der Waals surface area (Å²) in [7, 11) is 0. The molecule has 0 atom stereocenters. The van der Waals surface area contributed by atoms with Crippen LogP contribution in [0, 0.1) is 6.92 Å². The van der Waals surface area contributed by atoms with Crippen LogP contribution in [0.15, 0.2) is 34.1 Å². The highest BCUT2D eigenvalue weighted by Gasteiger charge is 2.30. The largest absolute Gasteiger partial charge is 0.416 e. The number of carbonyl (C=O) groups is 1. The number of anilines is 1. The zero-order valence-corrected chi connectivity index (χ0v) is 12.6. The summed E-state index contributed by atoms with van der Waals surface area (Å²) >= 11 is 4.59. The van der Waals surface area contributed by atoms with E-state index in [1.54, 1.807) is 6.07 Å². The summed E-state index contributed by atoms with van der Waals surface area (Å²) in [6.07, 6.45) is -4.38. The molecule has 0 aliphatic carbocycles. The fourth-order valence-electron chi connectivity index (χ4n) is 1.51. The van der Waals surface area contributed by atoms with E-state index in [1.165, 1.54) is 23.5 Å². The second-order valence-corrected chi connectivity index (χ2v) is 6.47. The van der Waals surface area contributed by atoms with Crippen molar-refractivity contribution in [1.29, 1.82) is 0 Å². The van der Waals surface area contributed by atoms with E-state index in [2.05, 4.69) is 21.2 Å². The van der Waals surface area contributed by atoms with Gasteiger partial charge in [-0.15, -0.1) is 11.3 Å². The average molecular weight is 364 g/mol. The number of carbonyl (C=O) groups excluding carboxylic acids is 1. The van der Waals surface area contributed by atoms with Crippen LogP contribution in [-0.2, 0) is 6.18 Å². The van der Waals surface area contributed by atoms with Crippen molar-refractivity contribution in [1.82, 2.24) is 0 Å². The summed E-state index contributed by atoms with van der Waals surface area (Å²) in [6.45, 7) is 1.86.